The second-order valence-corrected chi connectivity index (χ2v) is 3.72. The summed E-state index contributed by atoms with van der Waals surface area (Å²) < 4.78 is 5.53. The Hall–Kier alpha value is -1.72. The van der Waals surface area contributed by atoms with Crippen LogP contribution >= 0.6 is 0 Å². The average Bonchev–Trinajstić information content (AvgIpc) is 2.79. The van der Waals surface area contributed by atoms with E-state index in [0.29, 0.717) is 24.9 Å². The van der Waals surface area contributed by atoms with Gasteiger partial charge in [-0.3, -0.25) is 0 Å². The minimum Gasteiger partial charge on any atom is -0.419 e. The largest absolute Gasteiger partial charge is 0.419 e. The van der Waals surface area contributed by atoms with Gasteiger partial charge in [-0.25, -0.2) is 0 Å². The van der Waals surface area contributed by atoms with Crippen molar-refractivity contribution in [3.05, 3.63) is 35.7 Å². The van der Waals surface area contributed by atoms with Gasteiger partial charge in [0.05, 0.1) is 13.2 Å². The predicted molar refractivity (Wildman–Crippen MR) is 63.3 cm³/mol. The Morgan fingerprint density at radius 2 is 2.12 bits per heavy atom. The summed E-state index contributed by atoms with van der Waals surface area (Å²) in [5, 5.41) is 19.6. The normalized spacial score (nSPS) is 10.7. The molecule has 1 aromatic carbocycles. The molecule has 0 amide bonds. The minimum atomic E-state index is 0.0960. The Labute approximate surface area is 99.5 Å². The molecule has 17 heavy (non-hydrogen) atoms. The first-order valence-electron chi connectivity index (χ1n) is 5.51. The average molecular weight is 233 g/mol. The highest BCUT2D eigenvalue weighted by atomic mass is 16.4. The van der Waals surface area contributed by atoms with Crippen LogP contribution in [0.5, 0.6) is 0 Å². The quantitative estimate of drug-likeness (QED) is 0.757. The molecule has 0 aliphatic rings. The van der Waals surface area contributed by atoms with Gasteiger partial charge >= 0.3 is 0 Å². The zero-order valence-corrected chi connectivity index (χ0v) is 9.68. The first-order valence-corrected chi connectivity index (χ1v) is 5.51. The Kier molecular flexibility index (Phi) is 3.85. The number of aromatic nitrogens is 2. The predicted octanol–water partition coefficient (Wildman–Crippen LogP) is 1.13. The molecule has 0 atom stereocenters. The fourth-order valence-corrected chi connectivity index (χ4v) is 1.52. The summed E-state index contributed by atoms with van der Waals surface area (Å²) in [4.78, 5) is 0. The van der Waals surface area contributed by atoms with E-state index in [0.717, 1.165) is 11.1 Å². The lowest BCUT2D eigenvalue weighted by Crippen LogP contribution is -2.17. The third-order valence-corrected chi connectivity index (χ3v) is 2.41. The molecule has 0 unspecified atom stereocenters. The van der Waals surface area contributed by atoms with Crippen molar-refractivity contribution in [1.29, 1.82) is 0 Å². The molecule has 0 saturated heterocycles. The lowest BCUT2D eigenvalue weighted by Gasteiger charge is -1.99. The summed E-state index contributed by atoms with van der Waals surface area (Å²) in [6.07, 6.45) is 0. The van der Waals surface area contributed by atoms with E-state index >= 15 is 0 Å². The Bertz CT molecular complexity index is 482. The maximum atomic E-state index is 8.63. The molecule has 0 spiro atoms. The van der Waals surface area contributed by atoms with Crippen LogP contribution in [0.4, 0.5) is 0 Å². The molecule has 2 aromatic rings. The van der Waals surface area contributed by atoms with Gasteiger partial charge in [-0.1, -0.05) is 18.2 Å². The highest BCUT2D eigenvalue weighted by Gasteiger charge is 2.09. The Balaban J connectivity index is 2.10. The summed E-state index contributed by atoms with van der Waals surface area (Å²) in [5.41, 5.74) is 2.06. The van der Waals surface area contributed by atoms with Gasteiger partial charge in [0.2, 0.25) is 11.8 Å². The second kappa shape index (κ2) is 5.56. The zero-order valence-electron chi connectivity index (χ0n) is 9.68. The fourth-order valence-electron chi connectivity index (χ4n) is 1.52. The molecule has 0 aliphatic heterocycles. The van der Waals surface area contributed by atoms with Crippen LogP contribution in [-0.4, -0.2) is 28.5 Å². The van der Waals surface area contributed by atoms with Crippen LogP contribution in [-0.2, 0) is 6.54 Å². The summed E-state index contributed by atoms with van der Waals surface area (Å²) in [6.45, 7) is 3.09. The molecule has 1 aromatic heterocycles. The van der Waals surface area contributed by atoms with Crippen molar-refractivity contribution in [3.8, 4) is 11.5 Å². The van der Waals surface area contributed by atoms with Crippen molar-refractivity contribution in [2.75, 3.05) is 13.2 Å². The smallest absolute Gasteiger partial charge is 0.248 e. The van der Waals surface area contributed by atoms with Crippen molar-refractivity contribution in [3.63, 3.8) is 0 Å². The third-order valence-electron chi connectivity index (χ3n) is 2.41. The van der Waals surface area contributed by atoms with Gasteiger partial charge in [-0.2, -0.15) is 0 Å². The number of nitrogens with one attached hydrogen (secondary N) is 1. The molecule has 0 saturated carbocycles. The van der Waals surface area contributed by atoms with Crippen molar-refractivity contribution in [2.45, 2.75) is 13.5 Å². The van der Waals surface area contributed by atoms with E-state index in [2.05, 4.69) is 15.5 Å². The minimum absolute atomic E-state index is 0.0960. The highest BCUT2D eigenvalue weighted by molar-refractivity contribution is 5.57. The van der Waals surface area contributed by atoms with Crippen molar-refractivity contribution < 1.29 is 9.52 Å². The Morgan fingerprint density at radius 1 is 1.29 bits per heavy atom. The van der Waals surface area contributed by atoms with Crippen LogP contribution in [0, 0.1) is 6.92 Å². The standard InChI is InChI=1S/C12H15N3O2/c1-9-4-2-3-5-10(9)12-15-14-11(17-12)8-13-6-7-16/h2-5,13,16H,6-8H2,1H3. The SMILES string of the molecule is Cc1ccccc1-c1nnc(CNCCO)o1. The number of nitrogens with zero attached hydrogens (tertiary/aromatic N) is 2. The zero-order chi connectivity index (χ0) is 12.1. The van der Waals surface area contributed by atoms with E-state index in [1.165, 1.54) is 0 Å². The third kappa shape index (κ3) is 2.89. The van der Waals surface area contributed by atoms with Crippen LogP contribution in [0.3, 0.4) is 0 Å². The van der Waals surface area contributed by atoms with Crippen molar-refractivity contribution >= 4 is 0 Å². The topological polar surface area (TPSA) is 71.2 Å². The summed E-state index contributed by atoms with van der Waals surface area (Å²) >= 11 is 0. The van der Waals surface area contributed by atoms with Gasteiger partial charge in [-0.15, -0.1) is 10.2 Å². The van der Waals surface area contributed by atoms with Crippen LogP contribution < -0.4 is 5.32 Å². The van der Waals surface area contributed by atoms with E-state index in [1.807, 2.05) is 31.2 Å². The lowest BCUT2D eigenvalue weighted by molar-refractivity contribution is 0.289. The molecular weight excluding hydrogens is 218 g/mol. The molecule has 0 radical (unpaired) electrons. The molecule has 90 valence electrons. The van der Waals surface area contributed by atoms with Gasteiger partial charge in [0.1, 0.15) is 0 Å². The number of hydrogen-bond acceptors (Lipinski definition) is 5. The molecule has 0 bridgehead atoms. The van der Waals surface area contributed by atoms with Gasteiger partial charge in [0, 0.05) is 12.1 Å². The number of hydrogen-bond donors (Lipinski definition) is 2. The highest BCUT2D eigenvalue weighted by Crippen LogP contribution is 2.21. The number of aliphatic hydroxyl groups is 1. The molecular formula is C12H15N3O2. The van der Waals surface area contributed by atoms with Crippen LogP contribution in [0.1, 0.15) is 11.5 Å². The molecule has 1 heterocycles. The van der Waals surface area contributed by atoms with Gasteiger partial charge < -0.3 is 14.8 Å². The van der Waals surface area contributed by atoms with Gasteiger partial charge in [0.25, 0.3) is 0 Å². The first kappa shape index (κ1) is 11.8. The molecule has 5 heteroatoms. The van der Waals surface area contributed by atoms with Gasteiger partial charge in [-0.05, 0) is 18.6 Å². The second-order valence-electron chi connectivity index (χ2n) is 3.72. The number of rotatable bonds is 5. The lowest BCUT2D eigenvalue weighted by atomic mass is 10.1. The van der Waals surface area contributed by atoms with Gasteiger partial charge in [0.15, 0.2) is 0 Å². The van der Waals surface area contributed by atoms with Crippen LogP contribution in [0.25, 0.3) is 11.5 Å². The molecule has 2 N–H and O–H groups in total. The number of aliphatic hydroxyl groups excluding tert-OH is 1. The molecule has 5 nitrogen and oxygen atoms in total. The molecule has 0 fully saturated rings. The maximum Gasteiger partial charge on any atom is 0.248 e. The molecule has 0 aliphatic carbocycles. The monoisotopic (exact) mass is 233 g/mol. The summed E-state index contributed by atoms with van der Waals surface area (Å²) in [7, 11) is 0. The van der Waals surface area contributed by atoms with Crippen molar-refractivity contribution in [2.24, 2.45) is 0 Å². The van der Waals surface area contributed by atoms with E-state index < -0.39 is 0 Å². The van der Waals surface area contributed by atoms with Crippen LogP contribution in [0.2, 0.25) is 0 Å². The van der Waals surface area contributed by atoms with E-state index in [-0.39, 0.29) is 6.61 Å². The van der Waals surface area contributed by atoms with E-state index in [4.69, 9.17) is 9.52 Å². The maximum absolute atomic E-state index is 8.63. The Morgan fingerprint density at radius 3 is 2.88 bits per heavy atom. The van der Waals surface area contributed by atoms with Crippen LogP contribution in [0.15, 0.2) is 28.7 Å². The number of aryl methyl sites for hydroxylation is 1. The van der Waals surface area contributed by atoms with E-state index in [9.17, 15) is 0 Å². The fraction of sp³-hybridized carbons (Fsp3) is 0.333. The van der Waals surface area contributed by atoms with E-state index in [1.54, 1.807) is 0 Å². The molecule has 2 rings (SSSR count). The summed E-state index contributed by atoms with van der Waals surface area (Å²) in [5.74, 6) is 1.06. The number of benzene rings is 1. The first-order chi connectivity index (χ1) is 8.31. The van der Waals surface area contributed by atoms with Crippen molar-refractivity contribution in [1.82, 2.24) is 15.5 Å². The summed E-state index contributed by atoms with van der Waals surface area (Å²) in [6, 6.07) is 7.87.